The number of alkyl halides is 1. The van der Waals surface area contributed by atoms with Gasteiger partial charge in [0.1, 0.15) is 0 Å². The van der Waals surface area contributed by atoms with E-state index >= 15 is 0 Å². The van der Waals surface area contributed by atoms with Crippen LogP contribution in [0.15, 0.2) is 60.7 Å². The fourth-order valence-electron chi connectivity index (χ4n) is 4.21. The van der Waals surface area contributed by atoms with Crippen LogP contribution in [0.3, 0.4) is 0 Å². The van der Waals surface area contributed by atoms with Crippen LogP contribution in [0.4, 0.5) is 0 Å². The van der Waals surface area contributed by atoms with Crippen molar-refractivity contribution in [3.05, 3.63) is 89.9 Å². The van der Waals surface area contributed by atoms with Crippen molar-refractivity contribution in [3.8, 4) is 0 Å². The summed E-state index contributed by atoms with van der Waals surface area (Å²) < 4.78 is 8.03. The fourth-order valence-corrected chi connectivity index (χ4v) is 15.6. The van der Waals surface area contributed by atoms with E-state index in [1.807, 2.05) is 0 Å². The number of fused-ring (bicyclic) bond motifs is 2. The molecule has 1 radical (unpaired) electrons. The Hall–Kier alpha value is -0.947. The Kier molecular flexibility index (Phi) is 4.65. The quantitative estimate of drug-likeness (QED) is 0.540. The summed E-state index contributed by atoms with van der Waals surface area (Å²) in [7, 11) is 0. The first kappa shape index (κ1) is 16.5. The van der Waals surface area contributed by atoms with Crippen molar-refractivity contribution in [2.75, 3.05) is 6.07 Å². The van der Waals surface area contributed by atoms with Crippen LogP contribution in [0.5, 0.6) is 0 Å². The van der Waals surface area contributed by atoms with Gasteiger partial charge in [-0.15, -0.1) is 0 Å². The van der Waals surface area contributed by atoms with Crippen LogP contribution in [-0.4, -0.2) is 6.07 Å². The van der Waals surface area contributed by atoms with E-state index in [1.54, 1.807) is 0 Å². The molecule has 0 aromatic heterocycles. The summed E-state index contributed by atoms with van der Waals surface area (Å²) in [6, 6.07) is 17.5. The second kappa shape index (κ2) is 6.75. The Morgan fingerprint density at radius 2 is 1.38 bits per heavy atom. The maximum atomic E-state index is 6.47. The molecule has 2 aromatic carbocycles. The molecule has 2 aliphatic rings. The summed E-state index contributed by atoms with van der Waals surface area (Å²) in [5, 5.41) is 0. The third kappa shape index (κ3) is 2.51. The molecule has 1 nitrogen and oxygen atoms in total. The van der Waals surface area contributed by atoms with Crippen LogP contribution in [0.2, 0.25) is 4.13 Å². The van der Waals surface area contributed by atoms with Gasteiger partial charge in [-0.2, -0.15) is 0 Å². The van der Waals surface area contributed by atoms with E-state index in [-0.39, 0.29) is 6.07 Å². The van der Waals surface area contributed by atoms with Crippen molar-refractivity contribution in [1.82, 2.24) is 0 Å². The predicted octanol–water partition coefficient (Wildman–Crippen LogP) is 6.06. The zero-order valence-electron chi connectivity index (χ0n) is 13.5. The summed E-state index contributed by atoms with van der Waals surface area (Å²) in [4.78, 5) is 0. The molecule has 0 aliphatic heterocycles. The second-order valence-corrected chi connectivity index (χ2v) is 16.3. The molecule has 2 unspecified atom stereocenters. The molecular formula is C21H20ClOZr. The third-order valence-electron chi connectivity index (χ3n) is 5.37. The normalized spacial score (nSPS) is 23.1. The van der Waals surface area contributed by atoms with Crippen molar-refractivity contribution in [2.45, 2.75) is 11.4 Å². The fraction of sp³-hybridized carbons (Fsp3) is 0.190. The van der Waals surface area contributed by atoms with Crippen LogP contribution in [0.25, 0.3) is 12.2 Å². The van der Waals surface area contributed by atoms with E-state index in [0.29, 0.717) is 7.25 Å². The minimum absolute atomic E-state index is 0.255. The van der Waals surface area contributed by atoms with Crippen LogP contribution in [-0.2, 0) is 23.5 Å². The molecule has 0 fully saturated rings. The number of hydrogen-bond acceptors (Lipinski definition) is 1. The molecule has 4 rings (SSSR count). The van der Waals surface area contributed by atoms with Gasteiger partial charge in [0.25, 0.3) is 0 Å². The molecule has 24 heavy (non-hydrogen) atoms. The zero-order valence-corrected chi connectivity index (χ0v) is 16.7. The third-order valence-corrected chi connectivity index (χ3v) is 17.2. The van der Waals surface area contributed by atoms with Gasteiger partial charge in [0.05, 0.1) is 0 Å². The average Bonchev–Trinajstić information content (AvgIpc) is 3.25. The number of benzene rings is 2. The minimum atomic E-state index is -3.27. The van der Waals surface area contributed by atoms with E-state index in [4.69, 9.17) is 14.4 Å². The second-order valence-electron chi connectivity index (χ2n) is 6.39. The Morgan fingerprint density at radius 3 is 1.83 bits per heavy atom. The van der Waals surface area contributed by atoms with Gasteiger partial charge in [-0.3, -0.25) is 0 Å². The summed E-state index contributed by atoms with van der Waals surface area (Å²) in [6.45, 7) is 4.35. The molecule has 2 aromatic rings. The van der Waals surface area contributed by atoms with Crippen LogP contribution in [0, 0.1) is 6.92 Å². The zero-order chi connectivity index (χ0) is 16.6. The molecular weight excluding hydrogens is 395 g/mol. The van der Waals surface area contributed by atoms with Crippen molar-refractivity contribution in [1.29, 1.82) is 0 Å². The first-order chi connectivity index (χ1) is 11.8. The van der Waals surface area contributed by atoms with Gasteiger partial charge in [-0.25, -0.2) is 0 Å². The average molecular weight is 415 g/mol. The van der Waals surface area contributed by atoms with Crippen LogP contribution < -0.4 is 0 Å². The van der Waals surface area contributed by atoms with Gasteiger partial charge in [-0.05, 0) is 0 Å². The standard InChI is InChI=1S/2C9H7.C2H4.CH2ClO.Zr/c2*1-2-5-9-7-3-6-8(9)4-1;1-2;2-1-3;/h2*1-7H;1-2H2;1H2;/q;;;-1;+1. The Balaban J connectivity index is 1.84. The van der Waals surface area contributed by atoms with E-state index in [9.17, 15) is 0 Å². The molecule has 2 atom stereocenters. The molecule has 0 saturated heterocycles. The Bertz CT molecular complexity index is 749. The van der Waals surface area contributed by atoms with Gasteiger partial charge in [0, 0.05) is 0 Å². The molecule has 0 heterocycles. The van der Waals surface area contributed by atoms with Crippen molar-refractivity contribution in [2.24, 2.45) is 0 Å². The monoisotopic (exact) mass is 413 g/mol. The number of hydrogen-bond donors (Lipinski definition) is 0. The molecule has 0 N–H and O–H groups in total. The van der Waals surface area contributed by atoms with Crippen LogP contribution in [0.1, 0.15) is 29.5 Å². The van der Waals surface area contributed by atoms with Gasteiger partial charge in [-0.1, -0.05) is 0 Å². The Labute approximate surface area is 154 Å². The van der Waals surface area contributed by atoms with Gasteiger partial charge in [0.2, 0.25) is 0 Å². The summed E-state index contributed by atoms with van der Waals surface area (Å²) in [5.41, 5.74) is 5.40. The molecule has 121 valence electrons. The van der Waals surface area contributed by atoms with Gasteiger partial charge < -0.3 is 0 Å². The predicted molar refractivity (Wildman–Crippen MR) is 98.4 cm³/mol. The first-order valence-electron chi connectivity index (χ1n) is 8.33. The maximum absolute atomic E-state index is 6.47. The summed E-state index contributed by atoms with van der Waals surface area (Å²) in [6.07, 6.45) is 9.16. The molecule has 0 amide bonds. The summed E-state index contributed by atoms with van der Waals surface area (Å²) in [5.74, 6) is 0. The van der Waals surface area contributed by atoms with Gasteiger partial charge in [0.15, 0.2) is 0 Å². The summed E-state index contributed by atoms with van der Waals surface area (Å²) >= 11 is 2.86. The van der Waals surface area contributed by atoms with Crippen LogP contribution >= 0.6 is 11.6 Å². The number of rotatable bonds is 5. The molecule has 0 spiro atoms. The van der Waals surface area contributed by atoms with E-state index in [1.165, 1.54) is 22.3 Å². The van der Waals surface area contributed by atoms with E-state index in [2.05, 4.69) is 79.8 Å². The topological polar surface area (TPSA) is 9.23 Å². The van der Waals surface area contributed by atoms with E-state index in [0.717, 1.165) is 4.13 Å². The Morgan fingerprint density at radius 1 is 0.875 bits per heavy atom. The molecule has 0 bridgehead atoms. The first-order valence-corrected chi connectivity index (χ1v) is 14.4. The number of halogens is 1. The van der Waals surface area contributed by atoms with Gasteiger partial charge >= 0.3 is 155 Å². The molecule has 0 saturated carbocycles. The van der Waals surface area contributed by atoms with E-state index < -0.39 is 20.7 Å². The van der Waals surface area contributed by atoms with Crippen molar-refractivity contribution in [3.63, 3.8) is 0 Å². The SMILES string of the molecule is [CH2][CH2][Zr]([O]CCl)([CH]1C=Cc2ccccc21)[CH]1C=Cc2ccccc21. The number of allylic oxidation sites excluding steroid dienone is 2. The molecule has 2 aliphatic carbocycles. The van der Waals surface area contributed by atoms with Crippen molar-refractivity contribution >= 4 is 23.8 Å². The molecule has 3 heteroatoms. The van der Waals surface area contributed by atoms with Crippen molar-refractivity contribution < 1.29 is 23.5 Å².